The number of hydrogen-bond acceptors (Lipinski definition) is 4. The first-order chi connectivity index (χ1) is 9.27. The molecule has 98 valence electrons. The lowest BCUT2D eigenvalue weighted by Gasteiger charge is -2.29. The monoisotopic (exact) mass is 257 g/mol. The van der Waals surface area contributed by atoms with Crippen LogP contribution < -0.4 is 10.2 Å². The number of carboxylic acid groups (broad SMARTS) is 1. The largest absolute Gasteiger partial charge is 0.478 e. The zero-order chi connectivity index (χ0) is 13.2. The number of pyridine rings is 1. The third-order valence-electron chi connectivity index (χ3n) is 3.42. The van der Waals surface area contributed by atoms with Gasteiger partial charge in [-0.1, -0.05) is 24.3 Å². The fourth-order valence-electron chi connectivity index (χ4n) is 2.48. The van der Waals surface area contributed by atoms with Crippen molar-refractivity contribution in [3.8, 4) is 0 Å². The maximum Gasteiger partial charge on any atom is 0.337 e. The summed E-state index contributed by atoms with van der Waals surface area (Å²) >= 11 is 0. The summed E-state index contributed by atoms with van der Waals surface area (Å²) in [6.45, 7) is 3.64. The van der Waals surface area contributed by atoms with Gasteiger partial charge in [0.15, 0.2) is 0 Å². The molecule has 1 aliphatic rings. The minimum atomic E-state index is -0.935. The molecule has 0 unspecified atom stereocenters. The van der Waals surface area contributed by atoms with Crippen molar-refractivity contribution in [1.29, 1.82) is 0 Å². The van der Waals surface area contributed by atoms with Crippen LogP contribution in [0.15, 0.2) is 30.5 Å². The lowest BCUT2D eigenvalue weighted by molar-refractivity contribution is 0.0698. The summed E-state index contributed by atoms with van der Waals surface area (Å²) in [6.07, 6.45) is 1.46. The maximum atomic E-state index is 11.2. The van der Waals surface area contributed by atoms with Crippen LogP contribution in [0.4, 0.5) is 5.82 Å². The standard InChI is InChI=1S/C14H15N3O2/c18-14(19)12-9-16-13(17-7-5-15-6-8-17)11-4-2-1-3-10(11)12/h1-4,9,15H,5-8H2,(H,18,19). The molecule has 19 heavy (non-hydrogen) atoms. The molecule has 0 amide bonds. The molecule has 1 fully saturated rings. The van der Waals surface area contributed by atoms with Gasteiger partial charge in [-0.2, -0.15) is 0 Å². The Kier molecular flexibility index (Phi) is 3.05. The number of nitrogens with zero attached hydrogens (tertiary/aromatic N) is 2. The fraction of sp³-hybridized carbons (Fsp3) is 0.286. The SMILES string of the molecule is O=C(O)c1cnc(N2CCNCC2)c2ccccc12. The fourth-order valence-corrected chi connectivity index (χ4v) is 2.48. The first-order valence-corrected chi connectivity index (χ1v) is 6.34. The normalized spacial score (nSPS) is 15.7. The van der Waals surface area contributed by atoms with Crippen molar-refractivity contribution in [3.63, 3.8) is 0 Å². The number of fused-ring (bicyclic) bond motifs is 1. The Labute approximate surface area is 110 Å². The minimum Gasteiger partial charge on any atom is -0.478 e. The van der Waals surface area contributed by atoms with Crippen molar-refractivity contribution in [2.24, 2.45) is 0 Å². The molecule has 5 nitrogen and oxygen atoms in total. The second-order valence-corrected chi connectivity index (χ2v) is 4.58. The van der Waals surface area contributed by atoms with E-state index < -0.39 is 5.97 Å². The third kappa shape index (κ3) is 2.13. The van der Waals surface area contributed by atoms with Crippen molar-refractivity contribution in [2.45, 2.75) is 0 Å². The Balaban J connectivity index is 2.15. The Morgan fingerprint density at radius 1 is 1.21 bits per heavy atom. The number of piperazine rings is 1. The quantitative estimate of drug-likeness (QED) is 0.850. The molecule has 0 spiro atoms. The summed E-state index contributed by atoms with van der Waals surface area (Å²) in [6, 6.07) is 7.55. The summed E-state index contributed by atoms with van der Waals surface area (Å²) in [5.41, 5.74) is 0.259. The van der Waals surface area contributed by atoms with Gasteiger partial charge in [0, 0.05) is 43.1 Å². The first-order valence-electron chi connectivity index (χ1n) is 6.34. The Hall–Kier alpha value is -2.14. The molecule has 5 heteroatoms. The molecule has 0 atom stereocenters. The van der Waals surface area contributed by atoms with Gasteiger partial charge in [-0.05, 0) is 0 Å². The van der Waals surface area contributed by atoms with Crippen LogP contribution in [0.25, 0.3) is 10.8 Å². The lowest BCUT2D eigenvalue weighted by Crippen LogP contribution is -2.44. The first kappa shape index (κ1) is 11.9. The van der Waals surface area contributed by atoms with Crippen LogP contribution in [0.5, 0.6) is 0 Å². The average molecular weight is 257 g/mol. The van der Waals surface area contributed by atoms with E-state index in [9.17, 15) is 9.90 Å². The number of aromatic nitrogens is 1. The molecule has 2 N–H and O–H groups in total. The summed E-state index contributed by atoms with van der Waals surface area (Å²) in [4.78, 5) is 17.8. The number of carbonyl (C=O) groups is 1. The van der Waals surface area contributed by atoms with Gasteiger partial charge in [0.2, 0.25) is 0 Å². The van der Waals surface area contributed by atoms with Crippen LogP contribution in [0, 0.1) is 0 Å². The second kappa shape index (κ2) is 4.85. The molecule has 2 heterocycles. The Bertz CT molecular complexity index is 621. The highest BCUT2D eigenvalue weighted by molar-refractivity contribution is 6.06. The highest BCUT2D eigenvalue weighted by Crippen LogP contribution is 2.27. The third-order valence-corrected chi connectivity index (χ3v) is 3.42. The zero-order valence-corrected chi connectivity index (χ0v) is 10.5. The van der Waals surface area contributed by atoms with Crippen LogP contribution in [0.3, 0.4) is 0 Å². The molecule has 0 bridgehead atoms. The van der Waals surface area contributed by atoms with E-state index in [0.717, 1.165) is 42.8 Å². The van der Waals surface area contributed by atoms with Gasteiger partial charge in [0.25, 0.3) is 0 Å². The predicted molar refractivity (Wildman–Crippen MR) is 73.8 cm³/mol. The van der Waals surface area contributed by atoms with Gasteiger partial charge in [0.05, 0.1) is 5.56 Å². The van der Waals surface area contributed by atoms with Gasteiger partial charge in [-0.3, -0.25) is 0 Å². The Morgan fingerprint density at radius 3 is 2.58 bits per heavy atom. The van der Waals surface area contributed by atoms with Gasteiger partial charge >= 0.3 is 5.97 Å². The predicted octanol–water partition coefficient (Wildman–Crippen LogP) is 1.34. The van der Waals surface area contributed by atoms with E-state index in [1.165, 1.54) is 6.20 Å². The van der Waals surface area contributed by atoms with E-state index in [-0.39, 0.29) is 5.56 Å². The van der Waals surface area contributed by atoms with Gasteiger partial charge in [0.1, 0.15) is 5.82 Å². The number of carboxylic acids is 1. The van der Waals surface area contributed by atoms with Gasteiger partial charge in [-0.15, -0.1) is 0 Å². The van der Waals surface area contributed by atoms with E-state index in [1.807, 2.05) is 24.3 Å². The molecule has 0 saturated carbocycles. The second-order valence-electron chi connectivity index (χ2n) is 4.58. The van der Waals surface area contributed by atoms with Gasteiger partial charge in [-0.25, -0.2) is 9.78 Å². The van der Waals surface area contributed by atoms with Gasteiger partial charge < -0.3 is 15.3 Å². The van der Waals surface area contributed by atoms with E-state index in [4.69, 9.17) is 0 Å². The van der Waals surface area contributed by atoms with E-state index in [0.29, 0.717) is 0 Å². The summed E-state index contributed by atoms with van der Waals surface area (Å²) < 4.78 is 0. The van der Waals surface area contributed by atoms with Crippen molar-refractivity contribution in [3.05, 3.63) is 36.0 Å². The van der Waals surface area contributed by atoms with Crippen LogP contribution in [0.2, 0.25) is 0 Å². The van der Waals surface area contributed by atoms with Crippen LogP contribution in [0.1, 0.15) is 10.4 Å². The molecule has 0 aliphatic carbocycles. The number of rotatable bonds is 2. The lowest BCUT2D eigenvalue weighted by atomic mass is 10.1. The van der Waals surface area contributed by atoms with Crippen LogP contribution in [-0.4, -0.2) is 42.2 Å². The molecular formula is C14H15N3O2. The van der Waals surface area contributed by atoms with Crippen molar-refractivity contribution in [1.82, 2.24) is 10.3 Å². The summed E-state index contributed by atoms with van der Waals surface area (Å²) in [7, 11) is 0. The number of anilines is 1. The number of nitrogens with one attached hydrogen (secondary N) is 1. The van der Waals surface area contributed by atoms with E-state index in [2.05, 4.69) is 15.2 Å². The number of hydrogen-bond donors (Lipinski definition) is 2. The molecule has 1 aromatic carbocycles. The van der Waals surface area contributed by atoms with Crippen molar-refractivity contribution < 1.29 is 9.90 Å². The maximum absolute atomic E-state index is 11.2. The van der Waals surface area contributed by atoms with Crippen molar-refractivity contribution >= 4 is 22.6 Å². The van der Waals surface area contributed by atoms with E-state index in [1.54, 1.807) is 0 Å². The molecule has 3 rings (SSSR count). The van der Waals surface area contributed by atoms with E-state index >= 15 is 0 Å². The highest BCUT2D eigenvalue weighted by Gasteiger charge is 2.17. The Morgan fingerprint density at radius 2 is 1.89 bits per heavy atom. The molecular weight excluding hydrogens is 242 g/mol. The average Bonchev–Trinajstić information content (AvgIpc) is 2.47. The zero-order valence-electron chi connectivity index (χ0n) is 10.5. The minimum absolute atomic E-state index is 0.259. The molecule has 1 saturated heterocycles. The molecule has 1 aliphatic heterocycles. The number of aromatic carboxylic acids is 1. The molecule has 2 aromatic rings. The summed E-state index contributed by atoms with van der Waals surface area (Å²) in [5.74, 6) is -0.0577. The number of benzene rings is 1. The molecule has 0 radical (unpaired) electrons. The van der Waals surface area contributed by atoms with Crippen molar-refractivity contribution in [2.75, 3.05) is 31.1 Å². The highest BCUT2D eigenvalue weighted by atomic mass is 16.4. The summed E-state index contributed by atoms with van der Waals surface area (Å²) in [5, 5.41) is 14.2. The smallest absolute Gasteiger partial charge is 0.337 e. The topological polar surface area (TPSA) is 65.5 Å². The molecule has 1 aromatic heterocycles. The van der Waals surface area contributed by atoms with Crippen LogP contribution >= 0.6 is 0 Å². The van der Waals surface area contributed by atoms with Crippen LogP contribution in [-0.2, 0) is 0 Å².